The van der Waals surface area contributed by atoms with Gasteiger partial charge in [-0.15, -0.1) is 11.3 Å². The van der Waals surface area contributed by atoms with Gasteiger partial charge in [0, 0.05) is 41.6 Å². The quantitative estimate of drug-likeness (QED) is 0.465. The molecule has 0 atom stereocenters. The highest BCUT2D eigenvalue weighted by Crippen LogP contribution is 2.31. The summed E-state index contributed by atoms with van der Waals surface area (Å²) in [4.78, 5) is 43.5. The highest BCUT2D eigenvalue weighted by atomic mass is 32.1. The first kappa shape index (κ1) is 26.2. The van der Waals surface area contributed by atoms with Crippen LogP contribution in [0.1, 0.15) is 68.8 Å². The van der Waals surface area contributed by atoms with Crippen molar-refractivity contribution in [3.05, 3.63) is 81.3 Å². The lowest BCUT2D eigenvalue weighted by atomic mass is 9.97. The Kier molecular flexibility index (Phi) is 8.12. The second-order valence-corrected chi connectivity index (χ2v) is 9.78. The molecule has 0 saturated carbocycles. The molecule has 0 aliphatic carbocycles. The second kappa shape index (κ2) is 11.5. The van der Waals surface area contributed by atoms with Gasteiger partial charge in [-0.05, 0) is 63.1 Å². The molecule has 1 aliphatic heterocycles. The lowest BCUT2D eigenvalue weighted by Gasteiger charge is -2.31. The molecule has 2 heterocycles. The number of nitrogens with one attached hydrogen (secondary N) is 2. The van der Waals surface area contributed by atoms with Crippen molar-refractivity contribution in [3.63, 3.8) is 0 Å². The number of benzene rings is 2. The number of thiazole rings is 1. The normalized spacial score (nSPS) is 13.9. The number of piperidine rings is 1. The Balaban J connectivity index is 1.28. The summed E-state index contributed by atoms with van der Waals surface area (Å²) in [6.07, 6.45) is 1.47. The van der Waals surface area contributed by atoms with E-state index in [1.807, 2.05) is 13.8 Å². The minimum Gasteiger partial charge on any atom is -0.491 e. The first-order valence-corrected chi connectivity index (χ1v) is 12.7. The maximum atomic E-state index is 13.3. The minimum absolute atomic E-state index is 0.0392. The largest absolute Gasteiger partial charge is 0.491 e. The van der Waals surface area contributed by atoms with Crippen LogP contribution in [0.15, 0.2) is 47.8 Å². The molecule has 0 unspecified atom stereocenters. The Morgan fingerprint density at radius 3 is 2.22 bits per heavy atom. The minimum atomic E-state index is -0.900. The maximum Gasteiger partial charge on any atom is 0.289 e. The molecule has 194 valence electrons. The molecule has 1 aliphatic rings. The van der Waals surface area contributed by atoms with Crippen molar-refractivity contribution >= 4 is 29.1 Å². The molecule has 37 heavy (non-hydrogen) atoms. The van der Waals surface area contributed by atoms with E-state index in [-0.39, 0.29) is 29.2 Å². The molecule has 4 rings (SSSR count). The van der Waals surface area contributed by atoms with E-state index in [2.05, 4.69) is 15.8 Å². The van der Waals surface area contributed by atoms with Gasteiger partial charge in [0.1, 0.15) is 23.1 Å². The molecular weight excluding hydrogens is 502 g/mol. The number of aromatic nitrogens is 1. The topological polar surface area (TPSA) is 101 Å². The Hall–Kier alpha value is -3.86. The molecule has 1 aromatic heterocycles. The summed E-state index contributed by atoms with van der Waals surface area (Å²) in [6.45, 7) is 5.01. The first-order chi connectivity index (χ1) is 17.7. The number of nitrogens with zero attached hydrogens (tertiary/aromatic N) is 2. The number of carbonyl (C=O) groups is 3. The Morgan fingerprint density at radius 1 is 0.973 bits per heavy atom. The van der Waals surface area contributed by atoms with E-state index in [9.17, 15) is 23.2 Å². The van der Waals surface area contributed by atoms with Crippen LogP contribution in [-0.2, 0) is 0 Å². The molecule has 1 saturated heterocycles. The summed E-state index contributed by atoms with van der Waals surface area (Å²) < 4.78 is 32.2. The van der Waals surface area contributed by atoms with E-state index >= 15 is 0 Å². The van der Waals surface area contributed by atoms with Crippen molar-refractivity contribution in [1.82, 2.24) is 20.7 Å². The van der Waals surface area contributed by atoms with Crippen molar-refractivity contribution in [3.8, 4) is 5.75 Å². The molecule has 3 aromatic rings. The standard InChI is InChI=1S/C26H26F2N4O4S/c1-15(2)36-21-5-3-17(4-6-21)26(35)32-9-7-16(8-10-32)25-29-22(14-37-25)24(34)31-30-23(33)18-11-19(27)13-20(28)12-18/h3-6,11-16H,7-10H2,1-2H3,(H,30,33)(H,31,34). The smallest absolute Gasteiger partial charge is 0.289 e. The van der Waals surface area contributed by atoms with Gasteiger partial charge in [-0.25, -0.2) is 13.8 Å². The Labute approximate surface area is 216 Å². The lowest BCUT2D eigenvalue weighted by molar-refractivity contribution is 0.0712. The fraction of sp³-hybridized carbons (Fsp3) is 0.308. The zero-order valence-electron chi connectivity index (χ0n) is 20.3. The van der Waals surface area contributed by atoms with Gasteiger partial charge in [0.2, 0.25) is 0 Å². The molecule has 2 N–H and O–H groups in total. The van der Waals surface area contributed by atoms with E-state index in [0.717, 1.165) is 22.9 Å². The van der Waals surface area contributed by atoms with Gasteiger partial charge in [-0.2, -0.15) is 0 Å². The third-order valence-electron chi connectivity index (χ3n) is 5.77. The van der Waals surface area contributed by atoms with Crippen LogP contribution in [0.4, 0.5) is 8.78 Å². The van der Waals surface area contributed by atoms with Gasteiger partial charge >= 0.3 is 0 Å². The van der Waals surface area contributed by atoms with E-state index in [1.165, 1.54) is 11.3 Å². The highest BCUT2D eigenvalue weighted by Gasteiger charge is 2.27. The number of carbonyl (C=O) groups excluding carboxylic acids is 3. The number of rotatable bonds is 6. The molecule has 8 nitrogen and oxygen atoms in total. The summed E-state index contributed by atoms with van der Waals surface area (Å²) >= 11 is 1.33. The van der Waals surface area contributed by atoms with Crippen LogP contribution in [0, 0.1) is 11.6 Å². The zero-order valence-corrected chi connectivity index (χ0v) is 21.1. The number of hydrogen-bond acceptors (Lipinski definition) is 6. The predicted octanol–water partition coefficient (Wildman–Crippen LogP) is 4.30. The van der Waals surface area contributed by atoms with Crippen molar-refractivity contribution in [2.75, 3.05) is 13.1 Å². The molecule has 1 fully saturated rings. The molecule has 0 bridgehead atoms. The summed E-state index contributed by atoms with van der Waals surface area (Å²) in [5.41, 5.74) is 4.79. The van der Waals surface area contributed by atoms with Crippen molar-refractivity contribution in [1.29, 1.82) is 0 Å². The van der Waals surface area contributed by atoms with Crippen LogP contribution in [0.25, 0.3) is 0 Å². The number of amides is 3. The number of hydrogen-bond donors (Lipinski definition) is 2. The highest BCUT2D eigenvalue weighted by molar-refractivity contribution is 7.09. The van der Waals surface area contributed by atoms with E-state index in [4.69, 9.17) is 4.74 Å². The van der Waals surface area contributed by atoms with Gasteiger partial charge in [0.25, 0.3) is 17.7 Å². The van der Waals surface area contributed by atoms with Crippen molar-refractivity contribution in [2.24, 2.45) is 0 Å². The second-order valence-electron chi connectivity index (χ2n) is 8.89. The van der Waals surface area contributed by atoms with Crippen LogP contribution in [-0.4, -0.2) is 46.8 Å². The van der Waals surface area contributed by atoms with E-state index in [0.29, 0.717) is 37.6 Å². The van der Waals surface area contributed by atoms with Crippen molar-refractivity contribution < 1.29 is 27.9 Å². The molecule has 0 spiro atoms. The summed E-state index contributed by atoms with van der Waals surface area (Å²) in [6, 6.07) is 9.48. The van der Waals surface area contributed by atoms with Crippen molar-refractivity contribution in [2.45, 2.75) is 38.7 Å². The fourth-order valence-electron chi connectivity index (χ4n) is 3.97. The Morgan fingerprint density at radius 2 is 1.59 bits per heavy atom. The maximum absolute atomic E-state index is 13.3. The summed E-state index contributed by atoms with van der Waals surface area (Å²) in [5, 5.41) is 2.35. The summed E-state index contributed by atoms with van der Waals surface area (Å²) in [5.74, 6) is -2.53. The van der Waals surface area contributed by atoms with E-state index < -0.39 is 23.4 Å². The van der Waals surface area contributed by atoms with Crippen LogP contribution in [0.2, 0.25) is 0 Å². The van der Waals surface area contributed by atoms with Gasteiger partial charge in [-0.3, -0.25) is 25.2 Å². The number of likely N-dealkylation sites (tertiary alicyclic amines) is 1. The fourth-order valence-corrected chi connectivity index (χ4v) is 4.95. The van der Waals surface area contributed by atoms with Gasteiger partial charge in [0.15, 0.2) is 0 Å². The monoisotopic (exact) mass is 528 g/mol. The van der Waals surface area contributed by atoms with Gasteiger partial charge < -0.3 is 9.64 Å². The lowest BCUT2D eigenvalue weighted by Crippen LogP contribution is -2.41. The number of hydrazine groups is 1. The molecule has 11 heteroatoms. The number of halogens is 2. The molecule has 2 aromatic carbocycles. The molecular formula is C26H26F2N4O4S. The predicted molar refractivity (Wildman–Crippen MR) is 133 cm³/mol. The zero-order chi connectivity index (χ0) is 26.5. The summed E-state index contributed by atoms with van der Waals surface area (Å²) in [7, 11) is 0. The third-order valence-corrected chi connectivity index (χ3v) is 6.78. The van der Waals surface area contributed by atoms with E-state index in [1.54, 1.807) is 34.5 Å². The average Bonchev–Trinajstić information content (AvgIpc) is 3.37. The van der Waals surface area contributed by atoms with Crippen LogP contribution >= 0.6 is 11.3 Å². The van der Waals surface area contributed by atoms with Crippen LogP contribution in [0.5, 0.6) is 5.75 Å². The first-order valence-electron chi connectivity index (χ1n) is 11.8. The number of ether oxygens (including phenoxy) is 1. The molecule has 0 radical (unpaired) electrons. The van der Waals surface area contributed by atoms with Gasteiger partial charge in [-0.1, -0.05) is 0 Å². The Bertz CT molecular complexity index is 1270. The molecule has 3 amide bonds. The third kappa shape index (κ3) is 6.67. The van der Waals surface area contributed by atoms with Crippen LogP contribution < -0.4 is 15.6 Å². The SMILES string of the molecule is CC(C)Oc1ccc(C(=O)N2CCC(c3nc(C(=O)NNC(=O)c4cc(F)cc(F)c4)cs3)CC2)cc1. The average molecular weight is 529 g/mol. The van der Waals surface area contributed by atoms with Gasteiger partial charge in [0.05, 0.1) is 11.1 Å². The van der Waals surface area contributed by atoms with Crippen LogP contribution in [0.3, 0.4) is 0 Å².